The summed E-state index contributed by atoms with van der Waals surface area (Å²) >= 11 is 1.12. The molecular weight excluding hydrogens is 236 g/mol. The standard InChI is InChI=1S/C11H18N4OS/c12-6-9(8-4-2-1-3-5-8)14-11(16)10-7-13-15-17-10/h7-9H,1-6,12H2,(H,14,16). The minimum absolute atomic E-state index is 0.0879. The Morgan fingerprint density at radius 2 is 2.29 bits per heavy atom. The summed E-state index contributed by atoms with van der Waals surface area (Å²) in [6.07, 6.45) is 7.64. The van der Waals surface area contributed by atoms with Gasteiger partial charge in [-0.2, -0.15) is 0 Å². The maximum absolute atomic E-state index is 11.9. The Bertz CT molecular complexity index is 348. The Morgan fingerprint density at radius 1 is 1.53 bits per heavy atom. The van der Waals surface area contributed by atoms with Crippen LogP contribution in [0.2, 0.25) is 0 Å². The molecule has 0 aliphatic heterocycles. The monoisotopic (exact) mass is 254 g/mol. The Balaban J connectivity index is 1.92. The minimum Gasteiger partial charge on any atom is -0.347 e. The van der Waals surface area contributed by atoms with Gasteiger partial charge < -0.3 is 11.1 Å². The van der Waals surface area contributed by atoms with Crippen molar-refractivity contribution in [2.45, 2.75) is 38.1 Å². The van der Waals surface area contributed by atoms with E-state index in [1.807, 2.05) is 0 Å². The van der Waals surface area contributed by atoms with Gasteiger partial charge in [0.25, 0.3) is 5.91 Å². The molecule has 2 rings (SSSR count). The van der Waals surface area contributed by atoms with Crippen molar-refractivity contribution in [2.24, 2.45) is 11.7 Å². The van der Waals surface area contributed by atoms with Crippen LogP contribution in [0, 0.1) is 5.92 Å². The third-order valence-corrected chi connectivity index (χ3v) is 4.04. The van der Waals surface area contributed by atoms with Gasteiger partial charge in [-0.05, 0) is 30.3 Å². The summed E-state index contributed by atoms with van der Waals surface area (Å²) in [4.78, 5) is 12.4. The second kappa shape index (κ2) is 6.07. The average molecular weight is 254 g/mol. The molecule has 5 nitrogen and oxygen atoms in total. The van der Waals surface area contributed by atoms with Gasteiger partial charge in [0.05, 0.1) is 6.20 Å². The molecule has 17 heavy (non-hydrogen) atoms. The van der Waals surface area contributed by atoms with Crippen molar-refractivity contribution in [2.75, 3.05) is 6.54 Å². The van der Waals surface area contributed by atoms with Crippen LogP contribution in [-0.2, 0) is 0 Å². The number of carbonyl (C=O) groups excluding carboxylic acids is 1. The third kappa shape index (κ3) is 3.23. The normalized spacial score (nSPS) is 18.9. The molecule has 1 heterocycles. The van der Waals surface area contributed by atoms with Gasteiger partial charge in [0.15, 0.2) is 0 Å². The van der Waals surface area contributed by atoms with Gasteiger partial charge in [0.2, 0.25) is 0 Å². The van der Waals surface area contributed by atoms with Gasteiger partial charge >= 0.3 is 0 Å². The van der Waals surface area contributed by atoms with E-state index in [-0.39, 0.29) is 11.9 Å². The molecule has 0 radical (unpaired) electrons. The molecule has 1 aromatic rings. The summed E-state index contributed by atoms with van der Waals surface area (Å²) in [6, 6.07) is 0.0879. The maximum atomic E-state index is 11.9. The highest BCUT2D eigenvalue weighted by Crippen LogP contribution is 2.26. The minimum atomic E-state index is -0.0963. The van der Waals surface area contributed by atoms with E-state index in [1.54, 1.807) is 0 Å². The number of hydrogen-bond donors (Lipinski definition) is 2. The summed E-state index contributed by atoms with van der Waals surface area (Å²) in [5.74, 6) is 0.430. The van der Waals surface area contributed by atoms with E-state index in [1.165, 1.54) is 38.3 Å². The summed E-state index contributed by atoms with van der Waals surface area (Å²) in [5, 5.41) is 6.67. The summed E-state index contributed by atoms with van der Waals surface area (Å²) in [5.41, 5.74) is 5.76. The number of carbonyl (C=O) groups is 1. The van der Waals surface area contributed by atoms with E-state index in [0.717, 1.165) is 11.5 Å². The van der Waals surface area contributed by atoms with Crippen molar-refractivity contribution in [3.05, 3.63) is 11.1 Å². The first-order chi connectivity index (χ1) is 8.31. The molecule has 0 spiro atoms. The quantitative estimate of drug-likeness (QED) is 0.845. The zero-order valence-corrected chi connectivity index (χ0v) is 10.6. The first-order valence-electron chi connectivity index (χ1n) is 6.09. The van der Waals surface area contributed by atoms with Crippen molar-refractivity contribution >= 4 is 17.4 Å². The number of rotatable bonds is 4. The van der Waals surface area contributed by atoms with Crippen molar-refractivity contribution in [3.63, 3.8) is 0 Å². The molecule has 3 N–H and O–H groups in total. The number of amides is 1. The van der Waals surface area contributed by atoms with Crippen LogP contribution in [0.15, 0.2) is 6.20 Å². The average Bonchev–Trinajstić information content (AvgIpc) is 2.90. The van der Waals surface area contributed by atoms with E-state index in [2.05, 4.69) is 14.9 Å². The molecule has 1 atom stereocenters. The second-order valence-electron chi connectivity index (χ2n) is 4.50. The molecule has 94 valence electrons. The number of nitrogens with zero attached hydrogens (tertiary/aromatic N) is 2. The lowest BCUT2D eigenvalue weighted by molar-refractivity contribution is 0.0919. The van der Waals surface area contributed by atoms with Gasteiger partial charge in [-0.15, -0.1) is 5.10 Å². The Kier molecular flexibility index (Phi) is 4.44. The first kappa shape index (κ1) is 12.4. The van der Waals surface area contributed by atoms with Crippen molar-refractivity contribution in [1.29, 1.82) is 0 Å². The molecule has 1 aromatic heterocycles. The van der Waals surface area contributed by atoms with E-state index in [9.17, 15) is 4.79 Å². The number of hydrogen-bond acceptors (Lipinski definition) is 5. The van der Waals surface area contributed by atoms with Crippen LogP contribution in [0.25, 0.3) is 0 Å². The summed E-state index contributed by atoms with van der Waals surface area (Å²) in [7, 11) is 0. The fourth-order valence-electron chi connectivity index (χ4n) is 2.41. The first-order valence-corrected chi connectivity index (χ1v) is 6.87. The van der Waals surface area contributed by atoms with Gasteiger partial charge in [0, 0.05) is 12.6 Å². The highest BCUT2D eigenvalue weighted by molar-refractivity contribution is 7.07. The smallest absolute Gasteiger partial charge is 0.264 e. The van der Waals surface area contributed by atoms with Crippen LogP contribution in [0.4, 0.5) is 0 Å². The van der Waals surface area contributed by atoms with Crippen LogP contribution in [0.5, 0.6) is 0 Å². The second-order valence-corrected chi connectivity index (χ2v) is 5.28. The zero-order valence-electron chi connectivity index (χ0n) is 9.76. The number of aromatic nitrogens is 2. The van der Waals surface area contributed by atoms with Crippen LogP contribution in [-0.4, -0.2) is 28.1 Å². The molecule has 1 aliphatic rings. The summed E-state index contributed by atoms with van der Waals surface area (Å²) in [6.45, 7) is 0.503. The lowest BCUT2D eigenvalue weighted by Gasteiger charge is -2.29. The lowest BCUT2D eigenvalue weighted by Crippen LogP contribution is -2.45. The van der Waals surface area contributed by atoms with Crippen LogP contribution in [0.1, 0.15) is 41.8 Å². The van der Waals surface area contributed by atoms with Crippen molar-refractivity contribution in [3.8, 4) is 0 Å². The third-order valence-electron chi connectivity index (χ3n) is 3.37. The highest BCUT2D eigenvalue weighted by atomic mass is 32.1. The van der Waals surface area contributed by atoms with Gasteiger partial charge in [0.1, 0.15) is 4.88 Å². The fourth-order valence-corrected chi connectivity index (χ4v) is 2.83. The zero-order chi connectivity index (χ0) is 12.1. The molecule has 0 bridgehead atoms. The molecule has 1 fully saturated rings. The van der Waals surface area contributed by atoms with E-state index in [0.29, 0.717) is 17.3 Å². The van der Waals surface area contributed by atoms with Crippen LogP contribution < -0.4 is 11.1 Å². The lowest BCUT2D eigenvalue weighted by atomic mass is 9.84. The topological polar surface area (TPSA) is 80.9 Å². The Hall–Kier alpha value is -1.01. The van der Waals surface area contributed by atoms with E-state index >= 15 is 0 Å². The molecular formula is C11H18N4OS. The molecule has 1 unspecified atom stereocenters. The number of nitrogens with two attached hydrogens (primary N) is 1. The number of nitrogens with one attached hydrogen (secondary N) is 1. The molecule has 1 saturated carbocycles. The van der Waals surface area contributed by atoms with Gasteiger partial charge in [-0.25, -0.2) is 0 Å². The summed E-state index contributed by atoms with van der Waals surface area (Å²) < 4.78 is 3.69. The molecule has 0 saturated heterocycles. The van der Waals surface area contributed by atoms with Crippen molar-refractivity contribution in [1.82, 2.24) is 14.9 Å². The van der Waals surface area contributed by atoms with Crippen molar-refractivity contribution < 1.29 is 4.79 Å². The van der Waals surface area contributed by atoms with E-state index < -0.39 is 0 Å². The van der Waals surface area contributed by atoms with E-state index in [4.69, 9.17) is 5.73 Å². The molecule has 1 amide bonds. The predicted octanol–water partition coefficient (Wildman–Crippen LogP) is 1.18. The maximum Gasteiger partial charge on any atom is 0.264 e. The van der Waals surface area contributed by atoms with Crippen LogP contribution in [0.3, 0.4) is 0 Å². The predicted molar refractivity (Wildman–Crippen MR) is 66.8 cm³/mol. The Labute approximate surface area is 105 Å². The van der Waals surface area contributed by atoms with Crippen LogP contribution >= 0.6 is 11.5 Å². The van der Waals surface area contributed by atoms with Gasteiger partial charge in [-0.3, -0.25) is 4.79 Å². The fraction of sp³-hybridized carbons (Fsp3) is 0.727. The van der Waals surface area contributed by atoms with Gasteiger partial charge in [-0.1, -0.05) is 23.8 Å². The molecule has 6 heteroatoms. The Morgan fingerprint density at radius 3 is 2.88 bits per heavy atom. The molecule has 1 aliphatic carbocycles. The SMILES string of the molecule is NCC(NC(=O)c1cnns1)C1CCCCC1. The largest absolute Gasteiger partial charge is 0.347 e. The molecule has 0 aromatic carbocycles. The highest BCUT2D eigenvalue weighted by Gasteiger charge is 2.24.